The van der Waals surface area contributed by atoms with Gasteiger partial charge in [-0.1, -0.05) is 6.07 Å². The van der Waals surface area contributed by atoms with E-state index in [1.807, 2.05) is 12.1 Å². The van der Waals surface area contributed by atoms with E-state index < -0.39 is 0 Å². The van der Waals surface area contributed by atoms with Crippen LogP contribution in [0.5, 0.6) is 0 Å². The van der Waals surface area contributed by atoms with Gasteiger partial charge in [-0.05, 0) is 18.2 Å². The molecule has 0 aliphatic carbocycles. The molecule has 0 saturated carbocycles. The van der Waals surface area contributed by atoms with Crippen LogP contribution in [0.3, 0.4) is 0 Å². The third-order valence-corrected chi connectivity index (χ3v) is 4.37. The van der Waals surface area contributed by atoms with E-state index in [-0.39, 0.29) is 24.0 Å². The number of carbonyl (C=O) groups excluding carboxylic acids is 1. The Morgan fingerprint density at radius 1 is 1.28 bits per heavy atom. The van der Waals surface area contributed by atoms with Crippen molar-refractivity contribution in [1.29, 1.82) is 0 Å². The maximum absolute atomic E-state index is 12.5. The van der Waals surface area contributed by atoms with Crippen LogP contribution in [-0.2, 0) is 14.2 Å². The van der Waals surface area contributed by atoms with Gasteiger partial charge in [0, 0.05) is 37.9 Å². The lowest BCUT2D eigenvalue weighted by atomic mass is 9.96. The van der Waals surface area contributed by atoms with Gasteiger partial charge in [0.1, 0.15) is 18.8 Å². The van der Waals surface area contributed by atoms with Gasteiger partial charge >= 0.3 is 0 Å². The number of rotatable bonds is 6. The molecule has 1 N–H and O–H groups in total. The fourth-order valence-corrected chi connectivity index (χ4v) is 3.02. The Labute approximate surface area is 146 Å². The smallest absolute Gasteiger partial charge is 0.251 e. The molecule has 0 radical (unpaired) electrons. The number of methoxy groups -OCH3 is 2. The first kappa shape index (κ1) is 17.5. The van der Waals surface area contributed by atoms with Crippen LogP contribution in [0.2, 0.25) is 0 Å². The Morgan fingerprint density at radius 3 is 2.80 bits per heavy atom. The first-order chi connectivity index (χ1) is 12.2. The van der Waals surface area contributed by atoms with Crippen molar-refractivity contribution >= 4 is 5.91 Å². The van der Waals surface area contributed by atoms with Gasteiger partial charge in [0.25, 0.3) is 5.91 Å². The van der Waals surface area contributed by atoms with Gasteiger partial charge in [0.15, 0.2) is 0 Å². The third kappa shape index (κ3) is 4.04. The lowest BCUT2D eigenvalue weighted by molar-refractivity contribution is -0.145. The average Bonchev–Trinajstić information content (AvgIpc) is 3.20. The lowest BCUT2D eigenvalue weighted by Gasteiger charge is -2.36. The molecule has 1 aliphatic rings. The Bertz CT molecular complexity index is 692. The summed E-state index contributed by atoms with van der Waals surface area (Å²) in [5, 5.41) is 10.5. The molecule has 3 atom stereocenters. The van der Waals surface area contributed by atoms with Crippen molar-refractivity contribution in [2.75, 3.05) is 34.0 Å². The number of amides is 1. The highest BCUT2D eigenvalue weighted by atomic mass is 16.6. The highest BCUT2D eigenvalue weighted by Crippen LogP contribution is 2.20. The largest absolute Gasteiger partial charge is 0.378 e. The highest BCUT2D eigenvalue weighted by molar-refractivity contribution is 5.94. The molecule has 1 aromatic heterocycles. The summed E-state index contributed by atoms with van der Waals surface area (Å²) in [5.41, 5.74) is 1.40. The van der Waals surface area contributed by atoms with E-state index in [1.54, 1.807) is 43.6 Å². The van der Waals surface area contributed by atoms with E-state index >= 15 is 0 Å². The number of aromatic nitrogens is 3. The fraction of sp³-hybridized carbons (Fsp3) is 0.471. The highest BCUT2D eigenvalue weighted by Gasteiger charge is 2.34. The van der Waals surface area contributed by atoms with Gasteiger partial charge in [-0.25, -0.2) is 0 Å². The standard InChI is InChI=1S/C17H22N4O4/c1-23-15-9-25-8-13(16(15)24-2)7-18-17(22)12-4-3-5-14(6-12)21-10-19-20-11-21/h3-6,10-11,13,15-16H,7-9H2,1-2H3,(H,18,22)/t13-,15-,16+/m1/s1. The van der Waals surface area contributed by atoms with Crippen molar-refractivity contribution in [3.05, 3.63) is 42.5 Å². The van der Waals surface area contributed by atoms with Crippen molar-refractivity contribution in [3.8, 4) is 5.69 Å². The van der Waals surface area contributed by atoms with Crippen LogP contribution in [0.15, 0.2) is 36.9 Å². The van der Waals surface area contributed by atoms with E-state index in [1.165, 1.54) is 0 Å². The molecule has 3 rings (SSSR count). The predicted molar refractivity (Wildman–Crippen MR) is 89.6 cm³/mol. The van der Waals surface area contributed by atoms with Gasteiger partial charge in [-0.15, -0.1) is 10.2 Å². The van der Waals surface area contributed by atoms with Crippen LogP contribution in [-0.4, -0.2) is 66.9 Å². The normalized spacial score (nSPS) is 23.4. The maximum Gasteiger partial charge on any atom is 0.251 e. The monoisotopic (exact) mass is 346 g/mol. The number of hydrogen-bond acceptors (Lipinski definition) is 6. The molecule has 1 aliphatic heterocycles. The third-order valence-electron chi connectivity index (χ3n) is 4.37. The summed E-state index contributed by atoms with van der Waals surface area (Å²) in [6.45, 7) is 1.48. The second-order valence-electron chi connectivity index (χ2n) is 5.90. The Kier molecular flexibility index (Phi) is 5.75. The van der Waals surface area contributed by atoms with Gasteiger partial charge < -0.3 is 19.5 Å². The molecule has 1 aromatic carbocycles. The minimum atomic E-state index is -0.149. The van der Waals surface area contributed by atoms with E-state index in [2.05, 4.69) is 15.5 Å². The molecule has 0 spiro atoms. The van der Waals surface area contributed by atoms with Crippen molar-refractivity contribution in [1.82, 2.24) is 20.1 Å². The summed E-state index contributed by atoms with van der Waals surface area (Å²) in [4.78, 5) is 12.5. The quantitative estimate of drug-likeness (QED) is 0.827. The van der Waals surface area contributed by atoms with Crippen LogP contribution in [0.25, 0.3) is 5.69 Å². The van der Waals surface area contributed by atoms with Gasteiger partial charge in [0.2, 0.25) is 0 Å². The number of hydrogen-bond donors (Lipinski definition) is 1. The minimum absolute atomic E-state index is 0.0358. The van der Waals surface area contributed by atoms with Crippen molar-refractivity contribution < 1.29 is 19.0 Å². The molecular weight excluding hydrogens is 324 g/mol. The number of nitrogens with one attached hydrogen (secondary N) is 1. The molecule has 1 amide bonds. The van der Waals surface area contributed by atoms with Crippen LogP contribution in [0.1, 0.15) is 10.4 Å². The van der Waals surface area contributed by atoms with E-state index in [9.17, 15) is 4.79 Å². The molecule has 134 valence electrons. The zero-order chi connectivity index (χ0) is 17.6. The summed E-state index contributed by atoms with van der Waals surface area (Å²) < 4.78 is 18.2. The summed E-state index contributed by atoms with van der Waals surface area (Å²) in [6, 6.07) is 7.28. The molecule has 8 heteroatoms. The summed E-state index contributed by atoms with van der Waals surface area (Å²) in [7, 11) is 3.29. The topological polar surface area (TPSA) is 87.5 Å². The zero-order valence-corrected chi connectivity index (χ0v) is 14.3. The minimum Gasteiger partial charge on any atom is -0.378 e. The molecule has 25 heavy (non-hydrogen) atoms. The van der Waals surface area contributed by atoms with Crippen LogP contribution in [0, 0.1) is 5.92 Å². The number of nitrogens with zero attached hydrogens (tertiary/aromatic N) is 3. The summed E-state index contributed by atoms with van der Waals surface area (Å²) in [5.74, 6) is -0.113. The van der Waals surface area contributed by atoms with Crippen LogP contribution in [0.4, 0.5) is 0 Å². The molecule has 2 heterocycles. The molecule has 0 unspecified atom stereocenters. The van der Waals surface area contributed by atoms with Crippen molar-refractivity contribution in [2.45, 2.75) is 12.2 Å². The second kappa shape index (κ2) is 8.19. The van der Waals surface area contributed by atoms with Crippen molar-refractivity contribution in [2.24, 2.45) is 5.92 Å². The SMILES string of the molecule is CO[C@H]1[C@H](CNC(=O)c2cccc(-n3cnnc3)c2)COC[C@H]1OC. The first-order valence-corrected chi connectivity index (χ1v) is 8.09. The van der Waals surface area contributed by atoms with Crippen LogP contribution < -0.4 is 5.32 Å². The number of ether oxygens (including phenoxy) is 3. The van der Waals surface area contributed by atoms with E-state index in [0.717, 1.165) is 5.69 Å². The molecule has 8 nitrogen and oxygen atoms in total. The lowest BCUT2D eigenvalue weighted by Crippen LogP contribution is -2.50. The molecule has 1 saturated heterocycles. The summed E-state index contributed by atoms with van der Waals surface area (Å²) in [6.07, 6.45) is 2.94. The molecule has 1 fully saturated rings. The zero-order valence-electron chi connectivity index (χ0n) is 14.3. The molecular formula is C17H22N4O4. The number of benzene rings is 1. The number of carbonyl (C=O) groups is 1. The fourth-order valence-electron chi connectivity index (χ4n) is 3.02. The summed E-state index contributed by atoms with van der Waals surface area (Å²) >= 11 is 0. The molecule has 2 aromatic rings. The molecule has 0 bridgehead atoms. The maximum atomic E-state index is 12.5. The first-order valence-electron chi connectivity index (χ1n) is 8.09. The van der Waals surface area contributed by atoms with Gasteiger partial charge in [-0.2, -0.15) is 0 Å². The van der Waals surface area contributed by atoms with E-state index in [0.29, 0.717) is 25.3 Å². The van der Waals surface area contributed by atoms with Crippen molar-refractivity contribution in [3.63, 3.8) is 0 Å². The van der Waals surface area contributed by atoms with Gasteiger partial charge in [-0.3, -0.25) is 9.36 Å². The second-order valence-corrected chi connectivity index (χ2v) is 5.90. The van der Waals surface area contributed by atoms with Gasteiger partial charge in [0.05, 0.1) is 19.3 Å². The Morgan fingerprint density at radius 2 is 2.08 bits per heavy atom. The van der Waals surface area contributed by atoms with Crippen LogP contribution >= 0.6 is 0 Å². The average molecular weight is 346 g/mol. The van der Waals surface area contributed by atoms with E-state index in [4.69, 9.17) is 14.2 Å². The Balaban J connectivity index is 1.63. The predicted octanol–water partition coefficient (Wildman–Crippen LogP) is 0.673. The Hall–Kier alpha value is -2.29.